The van der Waals surface area contributed by atoms with E-state index in [4.69, 9.17) is 0 Å². The second-order valence-electron chi connectivity index (χ2n) is 4.93. The maximum atomic E-state index is 12.0. The van der Waals surface area contributed by atoms with Crippen molar-refractivity contribution in [3.63, 3.8) is 0 Å². The molecule has 1 aliphatic rings. The minimum absolute atomic E-state index is 0.324. The van der Waals surface area contributed by atoms with Crippen LogP contribution in [0.3, 0.4) is 0 Å². The van der Waals surface area contributed by atoms with Crippen LogP contribution in [0.25, 0.3) is 0 Å². The number of benzene rings is 1. The third kappa shape index (κ3) is 2.72. The number of hydrogen-bond donors (Lipinski definition) is 0. The van der Waals surface area contributed by atoms with Gasteiger partial charge in [-0.3, -0.25) is 4.79 Å². The molecule has 1 aromatic rings. The molecule has 0 amide bonds. The highest BCUT2D eigenvalue weighted by Crippen LogP contribution is 2.29. The van der Waals surface area contributed by atoms with E-state index in [1.165, 1.54) is 25.7 Å². The monoisotopic (exact) mass is 216 g/mol. The van der Waals surface area contributed by atoms with Gasteiger partial charge in [0, 0.05) is 12.0 Å². The molecular formula is C15H20O. The smallest absolute Gasteiger partial charge is 0.163 e. The Morgan fingerprint density at radius 2 is 1.94 bits per heavy atom. The Morgan fingerprint density at radius 1 is 1.25 bits per heavy atom. The van der Waals surface area contributed by atoms with Gasteiger partial charge in [-0.1, -0.05) is 49.9 Å². The van der Waals surface area contributed by atoms with Gasteiger partial charge in [0.25, 0.3) is 0 Å². The van der Waals surface area contributed by atoms with Crippen molar-refractivity contribution < 1.29 is 4.79 Å². The molecule has 0 atom stereocenters. The van der Waals surface area contributed by atoms with Crippen molar-refractivity contribution in [3.8, 4) is 0 Å². The van der Waals surface area contributed by atoms with E-state index in [0.717, 1.165) is 29.9 Å². The number of Topliss-reactive ketones (excluding diaryl/α,β-unsaturated/α-hetero) is 1. The van der Waals surface area contributed by atoms with E-state index >= 15 is 0 Å². The molecule has 1 aromatic carbocycles. The minimum atomic E-state index is 0.324. The third-order valence-electron chi connectivity index (χ3n) is 3.70. The SMILES string of the molecule is Cc1ccccc1C(=O)CCC1CCCC1. The van der Waals surface area contributed by atoms with E-state index in [0.29, 0.717) is 5.78 Å². The average molecular weight is 216 g/mol. The molecule has 0 unspecified atom stereocenters. The van der Waals surface area contributed by atoms with Crippen LogP contribution in [0.2, 0.25) is 0 Å². The summed E-state index contributed by atoms with van der Waals surface area (Å²) in [5.41, 5.74) is 2.03. The molecule has 0 aliphatic heterocycles. The first-order valence-electron chi connectivity index (χ1n) is 6.36. The van der Waals surface area contributed by atoms with Gasteiger partial charge in [0.05, 0.1) is 0 Å². The van der Waals surface area contributed by atoms with Gasteiger partial charge in [-0.2, -0.15) is 0 Å². The lowest BCUT2D eigenvalue weighted by Gasteiger charge is -2.08. The fourth-order valence-electron chi connectivity index (χ4n) is 2.65. The quantitative estimate of drug-likeness (QED) is 0.691. The van der Waals surface area contributed by atoms with Crippen LogP contribution in [0.4, 0.5) is 0 Å². The molecule has 1 nitrogen and oxygen atoms in total. The van der Waals surface area contributed by atoms with Crippen LogP contribution in [0.5, 0.6) is 0 Å². The number of carbonyl (C=O) groups is 1. The van der Waals surface area contributed by atoms with Crippen molar-refractivity contribution in [3.05, 3.63) is 35.4 Å². The normalized spacial score (nSPS) is 16.6. The molecule has 2 rings (SSSR count). The lowest BCUT2D eigenvalue weighted by molar-refractivity contribution is 0.0973. The number of rotatable bonds is 4. The third-order valence-corrected chi connectivity index (χ3v) is 3.70. The van der Waals surface area contributed by atoms with Gasteiger partial charge in [-0.05, 0) is 24.8 Å². The summed E-state index contributed by atoms with van der Waals surface area (Å²) in [6.45, 7) is 2.02. The van der Waals surface area contributed by atoms with Gasteiger partial charge in [-0.15, -0.1) is 0 Å². The van der Waals surface area contributed by atoms with Crippen LogP contribution in [0, 0.1) is 12.8 Å². The largest absolute Gasteiger partial charge is 0.294 e. The van der Waals surface area contributed by atoms with Crippen LogP contribution in [-0.4, -0.2) is 5.78 Å². The van der Waals surface area contributed by atoms with Gasteiger partial charge in [0.1, 0.15) is 0 Å². The Kier molecular flexibility index (Phi) is 3.76. The van der Waals surface area contributed by atoms with E-state index in [1.54, 1.807) is 0 Å². The molecule has 0 bridgehead atoms. The molecule has 0 N–H and O–H groups in total. The van der Waals surface area contributed by atoms with Gasteiger partial charge < -0.3 is 0 Å². The van der Waals surface area contributed by atoms with E-state index in [2.05, 4.69) is 0 Å². The first-order valence-corrected chi connectivity index (χ1v) is 6.36. The summed E-state index contributed by atoms with van der Waals surface area (Å²) in [6, 6.07) is 7.91. The second-order valence-corrected chi connectivity index (χ2v) is 4.93. The van der Waals surface area contributed by atoms with Gasteiger partial charge in [-0.25, -0.2) is 0 Å². The Bertz CT molecular complexity index is 361. The first kappa shape index (κ1) is 11.4. The van der Waals surface area contributed by atoms with E-state index < -0.39 is 0 Å². The fraction of sp³-hybridized carbons (Fsp3) is 0.533. The topological polar surface area (TPSA) is 17.1 Å². The van der Waals surface area contributed by atoms with Crippen LogP contribution >= 0.6 is 0 Å². The average Bonchev–Trinajstić information content (AvgIpc) is 2.79. The lowest BCUT2D eigenvalue weighted by atomic mass is 9.96. The Hall–Kier alpha value is -1.11. The summed E-state index contributed by atoms with van der Waals surface area (Å²) in [5, 5.41) is 0. The summed E-state index contributed by atoms with van der Waals surface area (Å²) in [5.74, 6) is 1.14. The number of carbonyl (C=O) groups excluding carboxylic acids is 1. The van der Waals surface area contributed by atoms with Crippen molar-refractivity contribution in [2.45, 2.75) is 45.4 Å². The zero-order chi connectivity index (χ0) is 11.4. The zero-order valence-electron chi connectivity index (χ0n) is 10.0. The summed E-state index contributed by atoms with van der Waals surface area (Å²) >= 11 is 0. The highest BCUT2D eigenvalue weighted by atomic mass is 16.1. The van der Waals surface area contributed by atoms with Crippen molar-refractivity contribution in [2.24, 2.45) is 5.92 Å². The van der Waals surface area contributed by atoms with Crippen molar-refractivity contribution in [1.29, 1.82) is 0 Å². The number of ketones is 1. The fourth-order valence-corrected chi connectivity index (χ4v) is 2.65. The first-order chi connectivity index (χ1) is 7.77. The van der Waals surface area contributed by atoms with Crippen LogP contribution in [0.15, 0.2) is 24.3 Å². The lowest BCUT2D eigenvalue weighted by Crippen LogP contribution is -2.04. The van der Waals surface area contributed by atoms with E-state index in [9.17, 15) is 4.79 Å². The van der Waals surface area contributed by atoms with Crippen LogP contribution in [0.1, 0.15) is 54.4 Å². The number of hydrogen-bond acceptors (Lipinski definition) is 1. The molecule has 0 spiro atoms. The molecular weight excluding hydrogens is 196 g/mol. The molecule has 86 valence electrons. The Labute approximate surface area is 97.9 Å². The van der Waals surface area contributed by atoms with Crippen LogP contribution < -0.4 is 0 Å². The zero-order valence-corrected chi connectivity index (χ0v) is 10.0. The van der Waals surface area contributed by atoms with Crippen molar-refractivity contribution in [1.82, 2.24) is 0 Å². The second kappa shape index (κ2) is 5.29. The molecule has 1 heteroatoms. The predicted molar refractivity (Wildman–Crippen MR) is 66.7 cm³/mol. The molecule has 0 radical (unpaired) electrons. The summed E-state index contributed by atoms with van der Waals surface area (Å²) in [6.07, 6.45) is 7.22. The van der Waals surface area contributed by atoms with Crippen molar-refractivity contribution in [2.75, 3.05) is 0 Å². The van der Waals surface area contributed by atoms with Gasteiger partial charge in [0.2, 0.25) is 0 Å². The molecule has 0 aromatic heterocycles. The van der Waals surface area contributed by atoms with Crippen LogP contribution in [-0.2, 0) is 0 Å². The predicted octanol–water partition coefficient (Wildman–Crippen LogP) is 4.15. The Balaban J connectivity index is 1.90. The standard InChI is InChI=1S/C15H20O/c1-12-6-2-5-9-14(12)15(16)11-10-13-7-3-4-8-13/h2,5-6,9,13H,3-4,7-8,10-11H2,1H3. The summed E-state index contributed by atoms with van der Waals surface area (Å²) in [4.78, 5) is 12.0. The van der Waals surface area contributed by atoms with Crippen molar-refractivity contribution >= 4 is 5.78 Å². The highest BCUT2D eigenvalue weighted by Gasteiger charge is 2.17. The molecule has 16 heavy (non-hydrogen) atoms. The molecule has 1 fully saturated rings. The maximum Gasteiger partial charge on any atom is 0.163 e. The summed E-state index contributed by atoms with van der Waals surface area (Å²) < 4.78 is 0. The Morgan fingerprint density at radius 3 is 2.62 bits per heavy atom. The molecule has 0 heterocycles. The number of aryl methyl sites for hydroxylation is 1. The molecule has 1 saturated carbocycles. The van der Waals surface area contributed by atoms with E-state index in [1.807, 2.05) is 31.2 Å². The summed E-state index contributed by atoms with van der Waals surface area (Å²) in [7, 11) is 0. The minimum Gasteiger partial charge on any atom is -0.294 e. The highest BCUT2D eigenvalue weighted by molar-refractivity contribution is 5.97. The maximum absolute atomic E-state index is 12.0. The van der Waals surface area contributed by atoms with Gasteiger partial charge in [0.15, 0.2) is 5.78 Å². The molecule has 0 saturated heterocycles. The van der Waals surface area contributed by atoms with E-state index in [-0.39, 0.29) is 0 Å². The molecule has 1 aliphatic carbocycles. The van der Waals surface area contributed by atoms with Gasteiger partial charge >= 0.3 is 0 Å².